The molecule has 1 aromatic carbocycles. The van der Waals surface area contributed by atoms with Crippen molar-refractivity contribution in [3.8, 4) is 5.75 Å². The summed E-state index contributed by atoms with van der Waals surface area (Å²) >= 11 is 0. The van der Waals surface area contributed by atoms with E-state index in [1.165, 1.54) is 6.07 Å². The number of hydrogen-bond acceptors (Lipinski definition) is 4. The summed E-state index contributed by atoms with van der Waals surface area (Å²) in [6, 6.07) is 10.1. The first-order valence-electron chi connectivity index (χ1n) is 8.54. The van der Waals surface area contributed by atoms with Crippen molar-refractivity contribution in [2.45, 2.75) is 12.3 Å². The molecule has 0 radical (unpaired) electrons. The Morgan fingerprint density at radius 1 is 1.04 bits per heavy atom. The predicted octanol–water partition coefficient (Wildman–Crippen LogP) is 2.07. The molecule has 130 valence electrons. The van der Waals surface area contributed by atoms with Crippen molar-refractivity contribution in [1.82, 2.24) is 9.80 Å². The average Bonchev–Trinajstić information content (AvgIpc) is 3.25. The third-order valence-corrected chi connectivity index (χ3v) is 4.99. The molecule has 25 heavy (non-hydrogen) atoms. The van der Waals surface area contributed by atoms with Crippen LogP contribution in [-0.2, 0) is 4.79 Å². The minimum absolute atomic E-state index is 0.0134. The number of nitrogens with zero attached hydrogens (tertiary/aromatic N) is 2. The summed E-state index contributed by atoms with van der Waals surface area (Å²) in [5.74, 6) is 1.23. The summed E-state index contributed by atoms with van der Waals surface area (Å²) in [5, 5.41) is 9.52. The van der Waals surface area contributed by atoms with Crippen LogP contribution in [0.4, 0.5) is 0 Å². The van der Waals surface area contributed by atoms with Crippen molar-refractivity contribution in [3.63, 3.8) is 0 Å². The van der Waals surface area contributed by atoms with Crippen LogP contribution in [0.5, 0.6) is 5.75 Å². The number of carbonyl (C=O) groups is 2. The summed E-state index contributed by atoms with van der Waals surface area (Å²) in [6.45, 7) is 2.12. The van der Waals surface area contributed by atoms with Crippen molar-refractivity contribution in [1.29, 1.82) is 0 Å². The van der Waals surface area contributed by atoms with Gasteiger partial charge in [-0.2, -0.15) is 0 Å². The first-order valence-corrected chi connectivity index (χ1v) is 8.54. The molecule has 1 aliphatic carbocycles. The molecule has 2 aliphatic rings. The zero-order chi connectivity index (χ0) is 17.4. The Labute approximate surface area is 145 Å². The van der Waals surface area contributed by atoms with Crippen LogP contribution < -0.4 is 0 Å². The fourth-order valence-corrected chi connectivity index (χ4v) is 3.47. The van der Waals surface area contributed by atoms with Gasteiger partial charge in [-0.05, 0) is 36.8 Å². The van der Waals surface area contributed by atoms with Gasteiger partial charge in [-0.25, -0.2) is 0 Å². The van der Waals surface area contributed by atoms with Crippen LogP contribution in [0.2, 0.25) is 0 Å². The summed E-state index contributed by atoms with van der Waals surface area (Å²) in [7, 11) is 0. The SMILES string of the molecule is O=C(c1cccc(O)c1)N1CCN(C(=O)[C@H]2C[C@@H]2c2ccco2)CC1. The Morgan fingerprint density at radius 2 is 1.80 bits per heavy atom. The molecule has 2 heterocycles. The molecule has 0 bridgehead atoms. The fraction of sp³-hybridized carbons (Fsp3) is 0.368. The maximum absolute atomic E-state index is 12.6. The lowest BCUT2D eigenvalue weighted by Gasteiger charge is -2.35. The molecular formula is C19H20N2O4. The smallest absolute Gasteiger partial charge is 0.254 e. The molecule has 0 spiro atoms. The Kier molecular flexibility index (Phi) is 3.95. The maximum Gasteiger partial charge on any atom is 0.254 e. The van der Waals surface area contributed by atoms with Crippen LogP contribution in [0, 0.1) is 5.92 Å². The van der Waals surface area contributed by atoms with Gasteiger partial charge >= 0.3 is 0 Å². The van der Waals surface area contributed by atoms with Crippen LogP contribution in [0.15, 0.2) is 47.1 Å². The number of phenols is 1. The van der Waals surface area contributed by atoms with Gasteiger partial charge < -0.3 is 19.3 Å². The van der Waals surface area contributed by atoms with Gasteiger partial charge in [-0.1, -0.05) is 6.07 Å². The topological polar surface area (TPSA) is 74.0 Å². The summed E-state index contributed by atoms with van der Waals surface area (Å²) < 4.78 is 5.39. The van der Waals surface area contributed by atoms with E-state index in [9.17, 15) is 14.7 Å². The molecule has 0 unspecified atom stereocenters. The third-order valence-electron chi connectivity index (χ3n) is 4.99. The molecule has 1 saturated carbocycles. The number of rotatable bonds is 3. The van der Waals surface area contributed by atoms with Gasteiger partial charge in [-0.15, -0.1) is 0 Å². The minimum atomic E-state index is -0.108. The van der Waals surface area contributed by atoms with Gasteiger partial charge in [0.15, 0.2) is 0 Å². The first-order chi connectivity index (χ1) is 12.1. The van der Waals surface area contributed by atoms with Crippen LogP contribution in [0.3, 0.4) is 0 Å². The van der Waals surface area contributed by atoms with Crippen molar-refractivity contribution in [3.05, 3.63) is 54.0 Å². The highest BCUT2D eigenvalue weighted by Gasteiger charge is 2.47. The lowest BCUT2D eigenvalue weighted by molar-refractivity contribution is -0.134. The highest BCUT2D eigenvalue weighted by molar-refractivity contribution is 5.94. The van der Waals surface area contributed by atoms with E-state index in [4.69, 9.17) is 4.42 Å². The normalized spacial score (nSPS) is 22.7. The number of piperazine rings is 1. The highest BCUT2D eigenvalue weighted by Crippen LogP contribution is 2.48. The summed E-state index contributed by atoms with van der Waals surface area (Å²) in [6.07, 6.45) is 2.48. The number of amides is 2. The standard InChI is InChI=1S/C19H20N2O4/c22-14-4-1-3-13(11-14)18(23)20-6-8-21(9-7-20)19(24)16-12-15(16)17-5-2-10-25-17/h1-5,10-11,15-16,22H,6-9,12H2/t15-,16-/m0/s1. The van der Waals surface area contributed by atoms with E-state index in [1.807, 2.05) is 17.0 Å². The van der Waals surface area contributed by atoms with Gasteiger partial charge in [-0.3, -0.25) is 9.59 Å². The second kappa shape index (κ2) is 6.27. The van der Waals surface area contributed by atoms with Crippen LogP contribution in [-0.4, -0.2) is 52.9 Å². The Bertz CT molecular complexity index is 778. The Balaban J connectivity index is 1.33. The Hall–Kier alpha value is -2.76. The van der Waals surface area contributed by atoms with E-state index in [0.29, 0.717) is 31.7 Å². The summed E-state index contributed by atoms with van der Waals surface area (Å²) in [4.78, 5) is 28.7. The molecule has 2 amide bonds. The molecule has 2 atom stereocenters. The van der Waals surface area contributed by atoms with Crippen molar-refractivity contribution >= 4 is 11.8 Å². The van der Waals surface area contributed by atoms with Gasteiger partial charge in [0.2, 0.25) is 5.91 Å². The predicted molar refractivity (Wildman–Crippen MR) is 90.1 cm³/mol. The highest BCUT2D eigenvalue weighted by atomic mass is 16.3. The van der Waals surface area contributed by atoms with Crippen LogP contribution >= 0.6 is 0 Å². The molecule has 6 heteroatoms. The zero-order valence-electron chi connectivity index (χ0n) is 13.8. The van der Waals surface area contributed by atoms with Gasteiger partial charge in [0.05, 0.1) is 6.26 Å². The van der Waals surface area contributed by atoms with E-state index >= 15 is 0 Å². The van der Waals surface area contributed by atoms with E-state index < -0.39 is 0 Å². The molecule has 4 rings (SSSR count). The number of hydrogen-bond donors (Lipinski definition) is 1. The number of benzene rings is 1. The first kappa shape index (κ1) is 15.7. The van der Waals surface area contributed by atoms with Gasteiger partial charge in [0, 0.05) is 43.6 Å². The maximum atomic E-state index is 12.6. The quantitative estimate of drug-likeness (QED) is 0.928. The van der Waals surface area contributed by atoms with E-state index in [1.54, 1.807) is 29.4 Å². The van der Waals surface area contributed by atoms with Crippen LogP contribution in [0.25, 0.3) is 0 Å². The molecule has 1 N–H and O–H groups in total. The Morgan fingerprint density at radius 3 is 2.48 bits per heavy atom. The van der Waals surface area contributed by atoms with Crippen LogP contribution in [0.1, 0.15) is 28.5 Å². The molecular weight excluding hydrogens is 320 g/mol. The second-order valence-electron chi connectivity index (χ2n) is 6.63. The average molecular weight is 340 g/mol. The van der Waals surface area contributed by atoms with Crippen molar-refractivity contribution in [2.75, 3.05) is 26.2 Å². The molecule has 1 aliphatic heterocycles. The lowest BCUT2D eigenvalue weighted by Crippen LogP contribution is -2.51. The van der Waals surface area contributed by atoms with Crippen molar-refractivity contribution < 1.29 is 19.1 Å². The molecule has 1 aromatic heterocycles. The zero-order valence-corrected chi connectivity index (χ0v) is 13.8. The third kappa shape index (κ3) is 3.12. The van der Waals surface area contributed by atoms with E-state index in [0.717, 1.165) is 12.2 Å². The molecule has 2 fully saturated rings. The molecule has 6 nitrogen and oxygen atoms in total. The minimum Gasteiger partial charge on any atom is -0.508 e. The number of furan rings is 1. The largest absolute Gasteiger partial charge is 0.508 e. The van der Waals surface area contributed by atoms with E-state index in [2.05, 4.69) is 0 Å². The number of carbonyl (C=O) groups excluding carboxylic acids is 2. The van der Waals surface area contributed by atoms with Gasteiger partial charge in [0.1, 0.15) is 11.5 Å². The molecule has 2 aromatic rings. The number of aromatic hydroxyl groups is 1. The second-order valence-corrected chi connectivity index (χ2v) is 6.63. The molecule has 1 saturated heterocycles. The van der Waals surface area contributed by atoms with Gasteiger partial charge in [0.25, 0.3) is 5.91 Å². The summed E-state index contributed by atoms with van der Waals surface area (Å²) in [5.41, 5.74) is 0.472. The fourth-order valence-electron chi connectivity index (χ4n) is 3.47. The van der Waals surface area contributed by atoms with Crippen molar-refractivity contribution in [2.24, 2.45) is 5.92 Å². The lowest BCUT2D eigenvalue weighted by atomic mass is 10.1. The number of phenolic OH excluding ortho intramolecular Hbond substituents is 1. The monoisotopic (exact) mass is 340 g/mol. The van der Waals surface area contributed by atoms with E-state index in [-0.39, 0.29) is 29.4 Å².